The van der Waals surface area contributed by atoms with Gasteiger partial charge in [0.05, 0.1) is 6.33 Å². The van der Waals surface area contributed by atoms with Crippen molar-refractivity contribution >= 4 is 5.91 Å². The number of nitrogens with one attached hydrogen (secondary N) is 1. The van der Waals surface area contributed by atoms with Gasteiger partial charge < -0.3 is 14.8 Å². The van der Waals surface area contributed by atoms with Crippen molar-refractivity contribution in [1.29, 1.82) is 0 Å². The fraction of sp³-hybridized carbons (Fsp3) is 0.714. The van der Waals surface area contributed by atoms with Crippen LogP contribution >= 0.6 is 0 Å². The third-order valence-corrected chi connectivity index (χ3v) is 3.40. The minimum Gasteiger partial charge on any atom is -0.340 e. The number of carbonyl (C=O) groups excluding carboxylic acids is 1. The summed E-state index contributed by atoms with van der Waals surface area (Å²) < 4.78 is 1.81. The minimum atomic E-state index is 0.0444. The van der Waals surface area contributed by atoms with Gasteiger partial charge in [0, 0.05) is 32.4 Å². The van der Waals surface area contributed by atoms with E-state index in [1.165, 1.54) is 6.42 Å². The van der Waals surface area contributed by atoms with Gasteiger partial charge in [-0.1, -0.05) is 13.8 Å². The first-order valence-corrected chi connectivity index (χ1v) is 7.07. The molecule has 5 heteroatoms. The largest absolute Gasteiger partial charge is 0.340 e. The summed E-state index contributed by atoms with van der Waals surface area (Å²) in [4.78, 5) is 18.6. The SMILES string of the molecule is CC(C)CN(CC1CCCN1)C(=O)c1cn(C)cn1. The molecule has 0 aliphatic carbocycles. The molecule has 1 saturated heterocycles. The lowest BCUT2D eigenvalue weighted by Crippen LogP contribution is -2.43. The Hall–Kier alpha value is -1.36. The monoisotopic (exact) mass is 264 g/mol. The number of imidazole rings is 1. The third-order valence-electron chi connectivity index (χ3n) is 3.40. The standard InChI is InChI=1S/C14H24N4O/c1-11(2)7-18(8-12-5-4-6-15-12)14(19)13-9-17(3)10-16-13/h9-12,15H,4-8H2,1-3H3. The zero-order valence-electron chi connectivity index (χ0n) is 12.1. The molecule has 1 aliphatic heterocycles. The van der Waals surface area contributed by atoms with Crippen molar-refractivity contribution in [3.05, 3.63) is 18.2 Å². The molecule has 2 heterocycles. The van der Waals surface area contributed by atoms with E-state index in [-0.39, 0.29) is 5.91 Å². The molecule has 19 heavy (non-hydrogen) atoms. The third kappa shape index (κ3) is 3.80. The summed E-state index contributed by atoms with van der Waals surface area (Å²) in [6.45, 7) is 6.92. The number of nitrogens with zero attached hydrogens (tertiary/aromatic N) is 3. The number of hydrogen-bond donors (Lipinski definition) is 1. The quantitative estimate of drug-likeness (QED) is 0.871. The van der Waals surface area contributed by atoms with E-state index in [0.29, 0.717) is 17.7 Å². The maximum absolute atomic E-state index is 12.5. The van der Waals surface area contributed by atoms with Crippen LogP contribution in [0.5, 0.6) is 0 Å². The van der Waals surface area contributed by atoms with Gasteiger partial charge in [-0.15, -0.1) is 0 Å². The Bertz CT molecular complexity index is 421. The van der Waals surface area contributed by atoms with Crippen LogP contribution in [0.15, 0.2) is 12.5 Å². The fourth-order valence-electron chi connectivity index (χ4n) is 2.54. The second-order valence-electron chi connectivity index (χ2n) is 5.82. The molecule has 2 rings (SSSR count). The number of amides is 1. The smallest absolute Gasteiger partial charge is 0.274 e. The molecule has 1 N–H and O–H groups in total. The van der Waals surface area contributed by atoms with Gasteiger partial charge >= 0.3 is 0 Å². The molecule has 0 bridgehead atoms. The highest BCUT2D eigenvalue weighted by Gasteiger charge is 2.24. The molecule has 0 saturated carbocycles. The molecule has 0 spiro atoms. The summed E-state index contributed by atoms with van der Waals surface area (Å²) in [6.07, 6.45) is 5.83. The topological polar surface area (TPSA) is 50.2 Å². The van der Waals surface area contributed by atoms with Crippen molar-refractivity contribution in [2.45, 2.75) is 32.7 Å². The van der Waals surface area contributed by atoms with Crippen LogP contribution in [0.25, 0.3) is 0 Å². The Balaban J connectivity index is 2.05. The van der Waals surface area contributed by atoms with E-state index in [1.807, 2.05) is 16.5 Å². The Morgan fingerprint density at radius 3 is 2.95 bits per heavy atom. The van der Waals surface area contributed by atoms with Crippen LogP contribution in [0.1, 0.15) is 37.2 Å². The van der Waals surface area contributed by atoms with Crippen molar-refractivity contribution in [2.24, 2.45) is 13.0 Å². The highest BCUT2D eigenvalue weighted by Crippen LogP contribution is 2.11. The van der Waals surface area contributed by atoms with E-state index < -0.39 is 0 Å². The van der Waals surface area contributed by atoms with Gasteiger partial charge in [-0.05, 0) is 25.3 Å². The van der Waals surface area contributed by atoms with Gasteiger partial charge in [-0.2, -0.15) is 0 Å². The highest BCUT2D eigenvalue weighted by molar-refractivity contribution is 5.92. The van der Waals surface area contributed by atoms with Crippen LogP contribution in [-0.4, -0.2) is 46.0 Å². The molecule has 1 unspecified atom stereocenters. The van der Waals surface area contributed by atoms with Crippen molar-refractivity contribution in [1.82, 2.24) is 19.8 Å². The van der Waals surface area contributed by atoms with E-state index in [0.717, 1.165) is 26.1 Å². The van der Waals surface area contributed by atoms with Crippen LogP contribution in [0.3, 0.4) is 0 Å². The number of rotatable bonds is 5. The van der Waals surface area contributed by atoms with Gasteiger partial charge in [-0.3, -0.25) is 4.79 Å². The summed E-state index contributed by atoms with van der Waals surface area (Å²) in [5, 5.41) is 3.45. The van der Waals surface area contributed by atoms with Crippen LogP contribution in [-0.2, 0) is 7.05 Å². The maximum atomic E-state index is 12.5. The molecule has 1 aromatic rings. The number of hydrogen-bond acceptors (Lipinski definition) is 3. The van der Waals surface area contributed by atoms with Crippen molar-refractivity contribution in [3.8, 4) is 0 Å². The lowest BCUT2D eigenvalue weighted by atomic mass is 10.1. The van der Waals surface area contributed by atoms with E-state index in [4.69, 9.17) is 0 Å². The molecule has 1 fully saturated rings. The molecule has 0 aromatic carbocycles. The van der Waals surface area contributed by atoms with Gasteiger partial charge in [0.2, 0.25) is 0 Å². The Morgan fingerprint density at radius 2 is 2.42 bits per heavy atom. The van der Waals surface area contributed by atoms with Crippen LogP contribution in [0, 0.1) is 5.92 Å². The second-order valence-corrected chi connectivity index (χ2v) is 5.82. The zero-order chi connectivity index (χ0) is 13.8. The summed E-state index contributed by atoms with van der Waals surface area (Å²) in [5.41, 5.74) is 0.543. The molecular weight excluding hydrogens is 240 g/mol. The molecule has 1 atom stereocenters. The average molecular weight is 264 g/mol. The second kappa shape index (κ2) is 6.19. The molecule has 1 amide bonds. The summed E-state index contributed by atoms with van der Waals surface area (Å²) >= 11 is 0. The Labute approximate surface area is 115 Å². The lowest BCUT2D eigenvalue weighted by Gasteiger charge is -2.26. The van der Waals surface area contributed by atoms with Crippen LogP contribution in [0.2, 0.25) is 0 Å². The normalized spacial score (nSPS) is 19.1. The molecule has 1 aliphatic rings. The summed E-state index contributed by atoms with van der Waals surface area (Å²) in [7, 11) is 1.88. The summed E-state index contributed by atoms with van der Waals surface area (Å²) in [6, 6.07) is 0.436. The van der Waals surface area contributed by atoms with Crippen LogP contribution in [0.4, 0.5) is 0 Å². The first kappa shape index (κ1) is 14.1. The van der Waals surface area contributed by atoms with Crippen molar-refractivity contribution in [2.75, 3.05) is 19.6 Å². The van der Waals surface area contributed by atoms with E-state index in [2.05, 4.69) is 24.1 Å². The Kier molecular flexibility index (Phi) is 4.58. The Morgan fingerprint density at radius 1 is 1.63 bits per heavy atom. The van der Waals surface area contributed by atoms with Gasteiger partial charge in [0.25, 0.3) is 5.91 Å². The first-order valence-electron chi connectivity index (χ1n) is 7.07. The highest BCUT2D eigenvalue weighted by atomic mass is 16.2. The number of carbonyl (C=O) groups is 1. The minimum absolute atomic E-state index is 0.0444. The van der Waals surface area contributed by atoms with E-state index in [9.17, 15) is 4.79 Å². The van der Waals surface area contributed by atoms with Gasteiger partial charge in [0.1, 0.15) is 5.69 Å². The van der Waals surface area contributed by atoms with E-state index >= 15 is 0 Å². The van der Waals surface area contributed by atoms with Gasteiger partial charge in [0.15, 0.2) is 0 Å². The molecular formula is C14H24N4O. The first-order chi connectivity index (χ1) is 9.06. The number of aromatic nitrogens is 2. The van der Waals surface area contributed by atoms with Crippen molar-refractivity contribution in [3.63, 3.8) is 0 Å². The number of aryl methyl sites for hydroxylation is 1. The van der Waals surface area contributed by atoms with Crippen LogP contribution < -0.4 is 5.32 Å². The lowest BCUT2D eigenvalue weighted by molar-refractivity contribution is 0.0716. The van der Waals surface area contributed by atoms with Gasteiger partial charge in [-0.25, -0.2) is 4.98 Å². The molecule has 106 valence electrons. The fourth-order valence-corrected chi connectivity index (χ4v) is 2.54. The molecule has 5 nitrogen and oxygen atoms in total. The predicted molar refractivity (Wildman–Crippen MR) is 75.0 cm³/mol. The predicted octanol–water partition coefficient (Wildman–Crippen LogP) is 1.27. The zero-order valence-corrected chi connectivity index (χ0v) is 12.1. The summed E-state index contributed by atoms with van der Waals surface area (Å²) in [5.74, 6) is 0.511. The van der Waals surface area contributed by atoms with Crippen molar-refractivity contribution < 1.29 is 4.79 Å². The molecule has 1 aromatic heterocycles. The average Bonchev–Trinajstić information content (AvgIpc) is 2.98. The maximum Gasteiger partial charge on any atom is 0.274 e. The van der Waals surface area contributed by atoms with E-state index in [1.54, 1.807) is 12.5 Å². The molecule has 0 radical (unpaired) electrons.